The van der Waals surface area contributed by atoms with Gasteiger partial charge in [-0.3, -0.25) is 0 Å². The van der Waals surface area contributed by atoms with Gasteiger partial charge >= 0.3 is 0 Å². The highest BCUT2D eigenvalue weighted by Gasteiger charge is 2.13. The predicted octanol–water partition coefficient (Wildman–Crippen LogP) is 2.05. The second-order valence-electron chi connectivity index (χ2n) is 4.88. The molecule has 0 aliphatic carbocycles. The molecule has 20 heavy (non-hydrogen) atoms. The van der Waals surface area contributed by atoms with E-state index in [-0.39, 0.29) is 6.61 Å². The molecular formula is C16H28N2O2. The summed E-state index contributed by atoms with van der Waals surface area (Å²) in [6.07, 6.45) is 1.18. The number of hydrogen-bond donors (Lipinski definition) is 2. The molecular weight excluding hydrogens is 252 g/mol. The molecule has 0 aromatic heterocycles. The molecule has 0 amide bonds. The Hall–Kier alpha value is -1.10. The molecule has 1 atom stereocenters. The lowest BCUT2D eigenvalue weighted by Gasteiger charge is -2.26. The highest BCUT2D eigenvalue weighted by molar-refractivity contribution is 5.29. The van der Waals surface area contributed by atoms with Gasteiger partial charge in [0, 0.05) is 12.6 Å². The third kappa shape index (κ3) is 5.49. The Balaban J connectivity index is 2.64. The molecule has 0 saturated carbocycles. The average Bonchev–Trinajstić information content (AvgIpc) is 2.50. The van der Waals surface area contributed by atoms with Crippen molar-refractivity contribution < 1.29 is 9.84 Å². The standard InChI is InChI=1S/C16H28N2O2/c1-4-10-18(5-2)13-16(17-3)14-6-8-15(9-7-14)20-12-11-19/h6-9,16-17,19H,4-5,10-13H2,1-3H3/t16-/m1/s1. The van der Waals surface area contributed by atoms with Gasteiger partial charge in [0.05, 0.1) is 6.61 Å². The molecule has 1 rings (SSSR count). The van der Waals surface area contributed by atoms with E-state index in [0.717, 1.165) is 25.4 Å². The van der Waals surface area contributed by atoms with Crippen LogP contribution < -0.4 is 10.1 Å². The van der Waals surface area contributed by atoms with E-state index in [9.17, 15) is 0 Å². The maximum absolute atomic E-state index is 8.74. The van der Waals surface area contributed by atoms with E-state index in [2.05, 4.69) is 36.2 Å². The number of ether oxygens (including phenoxy) is 1. The molecule has 0 aliphatic heterocycles. The lowest BCUT2D eigenvalue weighted by Crippen LogP contribution is -2.34. The number of aliphatic hydroxyl groups is 1. The van der Waals surface area contributed by atoms with Crippen LogP contribution in [0, 0.1) is 0 Å². The molecule has 0 heterocycles. The number of benzene rings is 1. The first-order valence-electron chi connectivity index (χ1n) is 7.48. The number of likely N-dealkylation sites (N-methyl/N-ethyl adjacent to an activating group) is 2. The van der Waals surface area contributed by atoms with E-state index in [4.69, 9.17) is 9.84 Å². The molecule has 2 N–H and O–H groups in total. The highest BCUT2D eigenvalue weighted by Crippen LogP contribution is 2.18. The summed E-state index contributed by atoms with van der Waals surface area (Å²) >= 11 is 0. The Kier molecular flexibility index (Phi) is 8.26. The van der Waals surface area contributed by atoms with E-state index in [0.29, 0.717) is 12.6 Å². The Morgan fingerprint density at radius 1 is 1.25 bits per heavy atom. The number of hydrogen-bond acceptors (Lipinski definition) is 4. The molecule has 0 spiro atoms. The fourth-order valence-electron chi connectivity index (χ4n) is 2.28. The zero-order valence-corrected chi connectivity index (χ0v) is 12.9. The summed E-state index contributed by atoms with van der Waals surface area (Å²) in [5, 5.41) is 12.1. The zero-order valence-electron chi connectivity index (χ0n) is 12.9. The van der Waals surface area contributed by atoms with Crippen molar-refractivity contribution >= 4 is 0 Å². The molecule has 0 saturated heterocycles. The lowest BCUT2D eigenvalue weighted by atomic mass is 10.1. The maximum Gasteiger partial charge on any atom is 0.119 e. The smallest absolute Gasteiger partial charge is 0.119 e. The van der Waals surface area contributed by atoms with Crippen LogP contribution in [0.1, 0.15) is 31.9 Å². The summed E-state index contributed by atoms with van der Waals surface area (Å²) in [6, 6.07) is 8.44. The van der Waals surface area contributed by atoms with Crippen LogP contribution in [0.3, 0.4) is 0 Å². The van der Waals surface area contributed by atoms with Gasteiger partial charge in [-0.05, 0) is 44.3 Å². The van der Waals surface area contributed by atoms with Crippen LogP contribution in [0.4, 0.5) is 0 Å². The van der Waals surface area contributed by atoms with E-state index in [1.54, 1.807) is 0 Å². The summed E-state index contributed by atoms with van der Waals surface area (Å²) in [5.41, 5.74) is 1.26. The summed E-state index contributed by atoms with van der Waals surface area (Å²) in [4.78, 5) is 2.46. The number of nitrogens with one attached hydrogen (secondary N) is 1. The average molecular weight is 280 g/mol. The van der Waals surface area contributed by atoms with E-state index in [1.165, 1.54) is 12.0 Å². The third-order valence-corrected chi connectivity index (χ3v) is 3.42. The molecule has 114 valence electrons. The zero-order chi connectivity index (χ0) is 14.8. The Morgan fingerprint density at radius 3 is 2.45 bits per heavy atom. The van der Waals surface area contributed by atoms with Crippen LogP contribution in [0.25, 0.3) is 0 Å². The Morgan fingerprint density at radius 2 is 1.95 bits per heavy atom. The van der Waals surface area contributed by atoms with Gasteiger partial charge in [0.15, 0.2) is 0 Å². The topological polar surface area (TPSA) is 44.7 Å². The second kappa shape index (κ2) is 9.75. The molecule has 0 bridgehead atoms. The van der Waals surface area contributed by atoms with Crippen molar-refractivity contribution in [3.8, 4) is 5.75 Å². The van der Waals surface area contributed by atoms with Crippen LogP contribution >= 0.6 is 0 Å². The molecule has 0 unspecified atom stereocenters. The first kappa shape index (κ1) is 17.0. The van der Waals surface area contributed by atoms with Crippen LogP contribution in [0.2, 0.25) is 0 Å². The molecule has 4 heteroatoms. The summed E-state index contributed by atoms with van der Waals surface area (Å²) < 4.78 is 5.38. The minimum atomic E-state index is 0.0450. The van der Waals surface area contributed by atoms with Gasteiger partial charge in [-0.15, -0.1) is 0 Å². The lowest BCUT2D eigenvalue weighted by molar-refractivity contribution is 0.201. The molecule has 0 fully saturated rings. The van der Waals surface area contributed by atoms with Crippen LogP contribution in [0.5, 0.6) is 5.75 Å². The van der Waals surface area contributed by atoms with Gasteiger partial charge in [0.25, 0.3) is 0 Å². The Bertz CT molecular complexity index is 354. The second-order valence-corrected chi connectivity index (χ2v) is 4.88. The summed E-state index contributed by atoms with van der Waals surface area (Å²) in [5.74, 6) is 0.804. The van der Waals surface area contributed by atoms with Gasteiger partial charge in [-0.25, -0.2) is 0 Å². The number of nitrogens with zero attached hydrogens (tertiary/aromatic N) is 1. The fraction of sp³-hybridized carbons (Fsp3) is 0.625. The van der Waals surface area contributed by atoms with E-state index in [1.807, 2.05) is 19.2 Å². The Labute approximate surface area is 122 Å². The molecule has 0 radical (unpaired) electrons. The SMILES string of the molecule is CCCN(CC)C[C@@H](NC)c1ccc(OCCO)cc1. The first-order valence-corrected chi connectivity index (χ1v) is 7.48. The van der Waals surface area contributed by atoms with Crippen LogP contribution in [-0.2, 0) is 0 Å². The molecule has 4 nitrogen and oxygen atoms in total. The van der Waals surface area contributed by atoms with Crippen molar-refractivity contribution in [2.45, 2.75) is 26.3 Å². The number of aliphatic hydroxyl groups excluding tert-OH is 1. The normalized spacial score (nSPS) is 12.7. The van der Waals surface area contributed by atoms with Crippen molar-refractivity contribution in [2.24, 2.45) is 0 Å². The molecule has 1 aromatic carbocycles. The van der Waals surface area contributed by atoms with Gasteiger partial charge in [-0.2, -0.15) is 0 Å². The van der Waals surface area contributed by atoms with Crippen molar-refractivity contribution in [3.05, 3.63) is 29.8 Å². The monoisotopic (exact) mass is 280 g/mol. The maximum atomic E-state index is 8.74. The van der Waals surface area contributed by atoms with Crippen LogP contribution in [-0.4, -0.2) is 49.9 Å². The largest absolute Gasteiger partial charge is 0.491 e. The summed E-state index contributed by atoms with van der Waals surface area (Å²) in [6.45, 7) is 8.02. The van der Waals surface area contributed by atoms with Crippen molar-refractivity contribution in [2.75, 3.05) is 39.9 Å². The minimum Gasteiger partial charge on any atom is -0.491 e. The number of rotatable bonds is 10. The third-order valence-electron chi connectivity index (χ3n) is 3.42. The predicted molar refractivity (Wildman–Crippen MR) is 83.2 cm³/mol. The molecule has 1 aromatic rings. The minimum absolute atomic E-state index is 0.0450. The van der Waals surface area contributed by atoms with Crippen molar-refractivity contribution in [3.63, 3.8) is 0 Å². The van der Waals surface area contributed by atoms with Gasteiger partial charge < -0.3 is 20.1 Å². The van der Waals surface area contributed by atoms with Gasteiger partial charge in [0.1, 0.15) is 12.4 Å². The van der Waals surface area contributed by atoms with Crippen molar-refractivity contribution in [1.82, 2.24) is 10.2 Å². The van der Waals surface area contributed by atoms with Crippen molar-refractivity contribution in [1.29, 1.82) is 0 Å². The van der Waals surface area contributed by atoms with Crippen LogP contribution in [0.15, 0.2) is 24.3 Å². The first-order chi connectivity index (χ1) is 9.74. The van der Waals surface area contributed by atoms with E-state index >= 15 is 0 Å². The van der Waals surface area contributed by atoms with Gasteiger partial charge in [-0.1, -0.05) is 26.0 Å². The highest BCUT2D eigenvalue weighted by atomic mass is 16.5. The summed E-state index contributed by atoms with van der Waals surface area (Å²) in [7, 11) is 2.00. The quantitative estimate of drug-likeness (QED) is 0.688. The van der Waals surface area contributed by atoms with E-state index < -0.39 is 0 Å². The molecule has 0 aliphatic rings. The fourth-order valence-corrected chi connectivity index (χ4v) is 2.28. The van der Waals surface area contributed by atoms with Gasteiger partial charge in [0.2, 0.25) is 0 Å².